The Hall–Kier alpha value is 0.317. The third-order valence-electron chi connectivity index (χ3n) is 9.93. The quantitative estimate of drug-likeness (QED) is 0.162. The Kier molecular flexibility index (Phi) is 5.56. The van der Waals surface area contributed by atoms with Crippen LogP contribution in [0.1, 0.15) is 79.6 Å². The number of hydrogen-bond donors (Lipinski definition) is 0. The van der Waals surface area contributed by atoms with Gasteiger partial charge in [-0.15, -0.1) is 0 Å². The van der Waals surface area contributed by atoms with E-state index in [1.165, 1.54) is 19.3 Å². The first kappa shape index (κ1) is 22.5. The fraction of sp³-hybridized carbons (Fsp3) is 0.880. The SMILES string of the molecule is CC(C)(C)[Si](C)(C)O[C@H]1CC[C@@]2(C)C(=CC[C@@H]3[C@@H]2[C@@H](I)C[C@]2(C)C(=O)CC[C@@H]32)C1. The van der Waals surface area contributed by atoms with Crippen molar-refractivity contribution < 1.29 is 9.22 Å². The molecular weight excluding hydrogens is 487 g/mol. The van der Waals surface area contributed by atoms with Crippen LogP contribution < -0.4 is 0 Å². The lowest BCUT2D eigenvalue weighted by molar-refractivity contribution is -0.131. The first-order valence-electron chi connectivity index (χ1n) is 11.8. The number of hydrogen-bond acceptors (Lipinski definition) is 2. The van der Waals surface area contributed by atoms with Crippen LogP contribution in [0.2, 0.25) is 18.1 Å². The average molecular weight is 529 g/mol. The molecule has 2 nitrogen and oxygen atoms in total. The maximum absolute atomic E-state index is 12.7. The topological polar surface area (TPSA) is 26.3 Å². The van der Waals surface area contributed by atoms with E-state index in [4.69, 9.17) is 4.43 Å². The Labute approximate surface area is 193 Å². The van der Waals surface area contributed by atoms with Crippen molar-refractivity contribution in [2.75, 3.05) is 0 Å². The van der Waals surface area contributed by atoms with E-state index in [2.05, 4.69) is 76.4 Å². The molecule has 0 aliphatic heterocycles. The zero-order valence-corrected chi connectivity index (χ0v) is 22.8. The lowest BCUT2D eigenvalue weighted by atomic mass is 9.48. The van der Waals surface area contributed by atoms with Gasteiger partial charge in [-0.1, -0.05) is 68.9 Å². The molecule has 4 aliphatic carbocycles. The molecule has 3 saturated carbocycles. The van der Waals surface area contributed by atoms with Crippen molar-refractivity contribution in [2.45, 2.75) is 108 Å². The average Bonchev–Trinajstić information content (AvgIpc) is 2.88. The van der Waals surface area contributed by atoms with Crippen LogP contribution in [0.4, 0.5) is 0 Å². The van der Waals surface area contributed by atoms with Gasteiger partial charge in [-0.3, -0.25) is 4.79 Å². The van der Waals surface area contributed by atoms with Crippen molar-refractivity contribution in [1.82, 2.24) is 0 Å². The number of ketones is 1. The van der Waals surface area contributed by atoms with E-state index in [9.17, 15) is 4.79 Å². The first-order valence-corrected chi connectivity index (χ1v) is 16.0. The summed E-state index contributed by atoms with van der Waals surface area (Å²) in [5, 5.41) is 0.274. The summed E-state index contributed by atoms with van der Waals surface area (Å²) in [6.45, 7) is 16.7. The molecule has 0 saturated heterocycles. The molecule has 0 spiro atoms. The highest BCUT2D eigenvalue weighted by atomic mass is 127. The highest BCUT2D eigenvalue weighted by Crippen LogP contribution is 2.65. The number of Topliss-reactive ketones (excluding diaryl/α,β-unsaturated/α-hetero) is 1. The third-order valence-corrected chi connectivity index (χ3v) is 15.7. The molecular formula is C25H41IO2Si. The summed E-state index contributed by atoms with van der Waals surface area (Å²) in [5.74, 6) is 2.60. The smallest absolute Gasteiger partial charge is 0.192 e. The van der Waals surface area contributed by atoms with Crippen molar-refractivity contribution in [3.05, 3.63) is 11.6 Å². The summed E-state index contributed by atoms with van der Waals surface area (Å²) in [7, 11) is -1.72. The van der Waals surface area contributed by atoms with Crippen LogP contribution in [-0.4, -0.2) is 24.1 Å². The first-order chi connectivity index (χ1) is 13.3. The summed E-state index contributed by atoms with van der Waals surface area (Å²) in [6.07, 6.45) is 10.8. The predicted molar refractivity (Wildman–Crippen MR) is 132 cm³/mol. The van der Waals surface area contributed by atoms with Gasteiger partial charge in [0.2, 0.25) is 0 Å². The molecule has 4 heteroatoms. The Bertz CT molecular complexity index is 723. The van der Waals surface area contributed by atoms with E-state index in [0.29, 0.717) is 33.1 Å². The van der Waals surface area contributed by atoms with Gasteiger partial charge in [0.05, 0.1) is 0 Å². The molecule has 3 fully saturated rings. The van der Waals surface area contributed by atoms with Gasteiger partial charge in [0.15, 0.2) is 8.32 Å². The second-order valence-electron chi connectivity index (χ2n) is 12.5. The summed E-state index contributed by atoms with van der Waals surface area (Å²) < 4.78 is 7.47. The number of carbonyl (C=O) groups excluding carboxylic acids is 1. The van der Waals surface area contributed by atoms with E-state index in [0.717, 1.165) is 31.6 Å². The summed E-state index contributed by atoms with van der Waals surface area (Å²) >= 11 is 2.72. The number of alkyl halides is 1. The highest BCUT2D eigenvalue weighted by Gasteiger charge is 2.61. The molecule has 0 amide bonds. The Morgan fingerprint density at radius 2 is 1.86 bits per heavy atom. The summed E-state index contributed by atoms with van der Waals surface area (Å²) in [6, 6.07) is 0. The van der Waals surface area contributed by atoms with Gasteiger partial charge in [-0.05, 0) is 79.8 Å². The Balaban J connectivity index is 1.57. The molecule has 29 heavy (non-hydrogen) atoms. The standard InChI is InChI=1S/C25H41IO2Si/c1-23(2,3)29(6,7)28-17-12-13-24(4)16(14-17)8-9-18-19-10-11-21(27)25(19,5)15-20(26)22(18)24/h8,17-20,22H,9-15H2,1-7H3/t17-,18-,19-,20-,22+,24-,25-/m0/s1. The van der Waals surface area contributed by atoms with Crippen LogP contribution in [0, 0.1) is 28.6 Å². The highest BCUT2D eigenvalue weighted by molar-refractivity contribution is 14.1. The number of fused-ring (bicyclic) bond motifs is 5. The molecule has 0 heterocycles. The van der Waals surface area contributed by atoms with Crippen LogP contribution in [0.15, 0.2) is 11.6 Å². The zero-order chi connectivity index (χ0) is 21.4. The van der Waals surface area contributed by atoms with Gasteiger partial charge in [0.1, 0.15) is 5.78 Å². The molecule has 0 unspecified atom stereocenters. The van der Waals surface area contributed by atoms with E-state index < -0.39 is 8.32 Å². The summed E-state index contributed by atoms with van der Waals surface area (Å²) in [5.41, 5.74) is 1.95. The third kappa shape index (κ3) is 3.46. The maximum atomic E-state index is 12.7. The molecule has 0 N–H and O–H groups in total. The minimum absolute atomic E-state index is 0.0443. The molecule has 0 radical (unpaired) electrons. The summed E-state index contributed by atoms with van der Waals surface area (Å²) in [4.78, 5) is 12.7. The molecule has 0 aromatic carbocycles. The van der Waals surface area contributed by atoms with Crippen molar-refractivity contribution in [2.24, 2.45) is 28.6 Å². The normalized spacial score (nSPS) is 45.3. The lowest BCUT2D eigenvalue weighted by Crippen LogP contribution is -2.55. The molecule has 0 aromatic rings. The van der Waals surface area contributed by atoms with Crippen molar-refractivity contribution in [3.63, 3.8) is 0 Å². The van der Waals surface area contributed by atoms with Crippen molar-refractivity contribution in [3.8, 4) is 0 Å². The number of halogens is 1. The van der Waals surface area contributed by atoms with E-state index in [1.807, 2.05) is 0 Å². The second kappa shape index (κ2) is 7.16. The van der Waals surface area contributed by atoms with Gasteiger partial charge in [-0.2, -0.15) is 0 Å². The Morgan fingerprint density at radius 3 is 2.52 bits per heavy atom. The second-order valence-corrected chi connectivity index (χ2v) is 18.9. The number of rotatable bonds is 2. The monoisotopic (exact) mass is 528 g/mol. The van der Waals surface area contributed by atoms with Crippen LogP contribution in [0.3, 0.4) is 0 Å². The fourth-order valence-corrected chi connectivity index (χ4v) is 10.8. The van der Waals surface area contributed by atoms with Crippen molar-refractivity contribution >= 4 is 36.7 Å². The van der Waals surface area contributed by atoms with Gasteiger partial charge in [0.25, 0.3) is 0 Å². The molecule has 164 valence electrons. The number of carbonyl (C=O) groups is 1. The fourth-order valence-electron chi connectivity index (χ4n) is 7.15. The van der Waals surface area contributed by atoms with Crippen LogP contribution in [0.5, 0.6) is 0 Å². The van der Waals surface area contributed by atoms with Gasteiger partial charge < -0.3 is 4.43 Å². The van der Waals surface area contributed by atoms with E-state index in [1.54, 1.807) is 5.57 Å². The lowest BCUT2D eigenvalue weighted by Gasteiger charge is -2.59. The minimum Gasteiger partial charge on any atom is -0.414 e. The van der Waals surface area contributed by atoms with Crippen LogP contribution >= 0.6 is 22.6 Å². The zero-order valence-electron chi connectivity index (χ0n) is 19.6. The molecule has 4 aliphatic rings. The maximum Gasteiger partial charge on any atom is 0.192 e. The van der Waals surface area contributed by atoms with E-state index >= 15 is 0 Å². The van der Waals surface area contributed by atoms with E-state index in [-0.39, 0.29) is 10.5 Å². The molecule has 0 aromatic heterocycles. The Morgan fingerprint density at radius 1 is 1.17 bits per heavy atom. The van der Waals surface area contributed by atoms with Gasteiger partial charge >= 0.3 is 0 Å². The molecule has 0 bridgehead atoms. The van der Waals surface area contributed by atoms with Crippen molar-refractivity contribution in [1.29, 1.82) is 0 Å². The largest absolute Gasteiger partial charge is 0.414 e. The minimum atomic E-state index is -1.72. The molecule has 4 rings (SSSR count). The van der Waals surface area contributed by atoms with Crippen LogP contribution in [-0.2, 0) is 9.22 Å². The van der Waals surface area contributed by atoms with Gasteiger partial charge in [-0.25, -0.2) is 0 Å². The predicted octanol–water partition coefficient (Wildman–Crippen LogP) is 7.32. The molecule has 7 atom stereocenters. The van der Waals surface area contributed by atoms with Gasteiger partial charge in [0, 0.05) is 21.9 Å². The van der Waals surface area contributed by atoms with Crippen LogP contribution in [0.25, 0.3) is 0 Å². The number of allylic oxidation sites excluding steroid dienone is 1.